The number of aryl methyl sites for hydroxylation is 1. The van der Waals surface area contributed by atoms with Crippen LogP contribution < -0.4 is 0 Å². The van der Waals surface area contributed by atoms with Crippen molar-refractivity contribution in [1.82, 2.24) is 0 Å². The van der Waals surface area contributed by atoms with E-state index in [1.54, 1.807) is 0 Å². The molecule has 0 atom stereocenters. The molecule has 0 unspecified atom stereocenters. The molecule has 0 heterocycles. The first-order valence-corrected chi connectivity index (χ1v) is 9.33. The van der Waals surface area contributed by atoms with Crippen LogP contribution in [0.1, 0.15) is 18.1 Å². The van der Waals surface area contributed by atoms with E-state index in [2.05, 4.69) is 50.3 Å². The van der Waals surface area contributed by atoms with Crippen molar-refractivity contribution in [3.63, 3.8) is 0 Å². The van der Waals surface area contributed by atoms with Crippen LogP contribution in [0.15, 0.2) is 41.7 Å². The maximum absolute atomic E-state index is 5.68. The molecule has 0 aliphatic rings. The Morgan fingerprint density at radius 3 is 2.59 bits per heavy atom. The Labute approximate surface area is 105 Å². The van der Waals surface area contributed by atoms with Crippen molar-refractivity contribution in [1.29, 1.82) is 0 Å². The molecule has 17 heavy (non-hydrogen) atoms. The summed E-state index contributed by atoms with van der Waals surface area (Å²) in [5, 5.41) is 0. The molecule has 2 nitrogen and oxygen atoms in total. The summed E-state index contributed by atoms with van der Waals surface area (Å²) >= 11 is 0. The molecule has 0 aromatic heterocycles. The Bertz CT molecular complexity index is 418. The zero-order chi connectivity index (χ0) is 12.9. The molecule has 0 aliphatic carbocycles. The lowest BCUT2D eigenvalue weighted by Gasteiger charge is -2.18. The van der Waals surface area contributed by atoms with Crippen LogP contribution in [0.5, 0.6) is 0 Å². The Balaban J connectivity index is 2.74. The molecular formula is C14H21NOSi. The third kappa shape index (κ3) is 5.00. The van der Waals surface area contributed by atoms with Crippen LogP contribution in [0.25, 0.3) is 0 Å². The molecule has 0 radical (unpaired) electrons. The molecule has 0 saturated carbocycles. The van der Waals surface area contributed by atoms with E-state index in [-0.39, 0.29) is 0 Å². The normalized spacial score (nSPS) is 11.8. The van der Waals surface area contributed by atoms with Crippen molar-refractivity contribution in [3.8, 4) is 0 Å². The highest BCUT2D eigenvalue weighted by atomic mass is 28.4. The first-order chi connectivity index (χ1) is 7.92. The zero-order valence-electron chi connectivity index (χ0n) is 11.2. The topological polar surface area (TPSA) is 21.6 Å². The van der Waals surface area contributed by atoms with Gasteiger partial charge in [-0.15, -0.1) is 0 Å². The lowest BCUT2D eigenvalue weighted by Crippen LogP contribution is -2.24. The van der Waals surface area contributed by atoms with Crippen LogP contribution in [0.2, 0.25) is 19.6 Å². The molecule has 0 aliphatic heterocycles. The van der Waals surface area contributed by atoms with Gasteiger partial charge in [-0.2, -0.15) is 0 Å². The highest BCUT2D eigenvalue weighted by Crippen LogP contribution is 2.11. The predicted octanol–water partition coefficient (Wildman–Crippen LogP) is 3.99. The number of benzene rings is 1. The van der Waals surface area contributed by atoms with Gasteiger partial charge in [0.15, 0.2) is 5.88 Å². The van der Waals surface area contributed by atoms with Gasteiger partial charge < -0.3 is 4.43 Å². The SMILES string of the molecule is C=C(N=Cc1ccccc1CC)O[Si](C)(C)C. The van der Waals surface area contributed by atoms with Crippen molar-refractivity contribution in [3.05, 3.63) is 47.9 Å². The maximum Gasteiger partial charge on any atom is 0.244 e. The van der Waals surface area contributed by atoms with Crippen molar-refractivity contribution < 1.29 is 4.43 Å². The summed E-state index contributed by atoms with van der Waals surface area (Å²) in [5.41, 5.74) is 2.42. The van der Waals surface area contributed by atoms with Gasteiger partial charge in [-0.25, -0.2) is 4.99 Å². The van der Waals surface area contributed by atoms with Gasteiger partial charge in [-0.1, -0.05) is 31.2 Å². The van der Waals surface area contributed by atoms with E-state index in [4.69, 9.17) is 4.43 Å². The van der Waals surface area contributed by atoms with Crippen molar-refractivity contribution in [2.24, 2.45) is 4.99 Å². The molecule has 1 rings (SSSR count). The predicted molar refractivity (Wildman–Crippen MR) is 77.0 cm³/mol. The summed E-state index contributed by atoms with van der Waals surface area (Å²) in [6, 6.07) is 8.24. The minimum atomic E-state index is -1.59. The summed E-state index contributed by atoms with van der Waals surface area (Å²) < 4.78 is 5.68. The van der Waals surface area contributed by atoms with Crippen molar-refractivity contribution >= 4 is 14.5 Å². The van der Waals surface area contributed by atoms with E-state index in [1.807, 2.05) is 18.3 Å². The van der Waals surface area contributed by atoms with Crippen LogP contribution in [0.3, 0.4) is 0 Å². The third-order valence-corrected chi connectivity index (χ3v) is 3.06. The van der Waals surface area contributed by atoms with E-state index in [1.165, 1.54) is 5.56 Å². The van der Waals surface area contributed by atoms with Crippen LogP contribution >= 0.6 is 0 Å². The highest BCUT2D eigenvalue weighted by Gasteiger charge is 2.16. The molecule has 1 aromatic carbocycles. The molecule has 0 saturated heterocycles. The fourth-order valence-electron chi connectivity index (χ4n) is 1.50. The summed E-state index contributed by atoms with van der Waals surface area (Å²) in [7, 11) is -1.59. The Morgan fingerprint density at radius 1 is 1.35 bits per heavy atom. The second-order valence-corrected chi connectivity index (χ2v) is 9.35. The second-order valence-electron chi connectivity index (χ2n) is 4.92. The number of hydrogen-bond donors (Lipinski definition) is 0. The summed E-state index contributed by atoms with van der Waals surface area (Å²) in [5.74, 6) is 0.509. The first kappa shape index (κ1) is 13.7. The molecule has 0 N–H and O–H groups in total. The molecule has 3 heteroatoms. The van der Waals surface area contributed by atoms with Crippen LogP contribution in [0, 0.1) is 0 Å². The molecule has 92 valence electrons. The first-order valence-electron chi connectivity index (χ1n) is 5.92. The fraction of sp³-hybridized carbons (Fsp3) is 0.357. The van der Waals surface area contributed by atoms with Gasteiger partial charge in [-0.3, -0.25) is 0 Å². The second kappa shape index (κ2) is 5.82. The van der Waals surface area contributed by atoms with Gasteiger partial charge in [0, 0.05) is 6.21 Å². The van der Waals surface area contributed by atoms with Crippen LogP contribution in [-0.4, -0.2) is 14.5 Å². The van der Waals surface area contributed by atoms with Crippen LogP contribution in [0.4, 0.5) is 0 Å². The highest BCUT2D eigenvalue weighted by molar-refractivity contribution is 6.70. The van der Waals surface area contributed by atoms with E-state index < -0.39 is 8.32 Å². The quantitative estimate of drug-likeness (QED) is 0.438. The summed E-state index contributed by atoms with van der Waals surface area (Å²) in [4.78, 5) is 4.28. The Kier molecular flexibility index (Phi) is 4.69. The lowest BCUT2D eigenvalue weighted by molar-refractivity contribution is 0.421. The number of aliphatic imine (C=N–C) groups is 1. The standard InChI is InChI=1S/C14H21NOSi/c1-6-13-9-7-8-10-14(13)11-15-12(2)16-17(3,4)5/h7-11H,2,6H2,1,3-5H3. The van der Waals surface area contributed by atoms with Crippen LogP contribution in [-0.2, 0) is 10.8 Å². The van der Waals surface area contributed by atoms with E-state index >= 15 is 0 Å². The fourth-order valence-corrected chi connectivity index (χ4v) is 2.26. The minimum Gasteiger partial charge on any atom is -0.532 e. The lowest BCUT2D eigenvalue weighted by atomic mass is 10.1. The minimum absolute atomic E-state index is 0.509. The number of hydrogen-bond acceptors (Lipinski definition) is 2. The molecule has 0 spiro atoms. The van der Waals surface area contributed by atoms with E-state index in [0.717, 1.165) is 12.0 Å². The van der Waals surface area contributed by atoms with Gasteiger partial charge in [0.1, 0.15) is 0 Å². The van der Waals surface area contributed by atoms with Gasteiger partial charge in [0.25, 0.3) is 0 Å². The maximum atomic E-state index is 5.68. The van der Waals surface area contributed by atoms with Gasteiger partial charge in [-0.05, 0) is 43.8 Å². The number of nitrogens with zero attached hydrogens (tertiary/aromatic N) is 1. The largest absolute Gasteiger partial charge is 0.532 e. The summed E-state index contributed by atoms with van der Waals surface area (Å²) in [6.45, 7) is 12.3. The van der Waals surface area contributed by atoms with E-state index in [0.29, 0.717) is 5.88 Å². The average molecular weight is 247 g/mol. The molecular weight excluding hydrogens is 226 g/mol. The molecule has 1 aromatic rings. The van der Waals surface area contributed by atoms with Gasteiger partial charge >= 0.3 is 0 Å². The van der Waals surface area contributed by atoms with Gasteiger partial charge in [0.2, 0.25) is 8.32 Å². The third-order valence-electron chi connectivity index (χ3n) is 2.21. The summed E-state index contributed by atoms with van der Waals surface area (Å²) in [6.07, 6.45) is 2.84. The van der Waals surface area contributed by atoms with E-state index in [9.17, 15) is 0 Å². The van der Waals surface area contributed by atoms with Gasteiger partial charge in [0.05, 0.1) is 0 Å². The van der Waals surface area contributed by atoms with Crippen molar-refractivity contribution in [2.45, 2.75) is 33.0 Å². The zero-order valence-corrected chi connectivity index (χ0v) is 12.2. The smallest absolute Gasteiger partial charge is 0.244 e. The average Bonchev–Trinajstić information content (AvgIpc) is 2.24. The molecule has 0 amide bonds. The van der Waals surface area contributed by atoms with Crippen molar-refractivity contribution in [2.75, 3.05) is 0 Å². The monoisotopic (exact) mass is 247 g/mol. The Hall–Kier alpha value is -1.35. The molecule has 0 fully saturated rings. The number of rotatable bonds is 5. The molecule has 0 bridgehead atoms. The Morgan fingerprint density at radius 2 is 2.00 bits per heavy atom.